The highest BCUT2D eigenvalue weighted by Gasteiger charge is 2.14. The predicted octanol–water partition coefficient (Wildman–Crippen LogP) is 4.46. The van der Waals surface area contributed by atoms with Gasteiger partial charge in [0.2, 0.25) is 0 Å². The second-order valence-corrected chi connectivity index (χ2v) is 7.90. The Balaban J connectivity index is 1.62. The molecule has 142 valence electrons. The Hall–Kier alpha value is -3.41. The van der Waals surface area contributed by atoms with Crippen molar-refractivity contribution >= 4 is 17.2 Å². The number of nitrogens with one attached hydrogen (secondary N) is 1. The summed E-state index contributed by atoms with van der Waals surface area (Å²) in [5.41, 5.74) is 4.07. The normalized spacial score (nSPS) is 11.7. The Morgan fingerprint density at radius 2 is 1.75 bits per heavy atom. The van der Waals surface area contributed by atoms with Crippen LogP contribution >= 0.6 is 0 Å². The van der Waals surface area contributed by atoms with Gasteiger partial charge in [0.15, 0.2) is 17.3 Å². The number of hydrogen-bond acceptors (Lipinski definition) is 5. The highest BCUT2D eigenvalue weighted by atomic mass is 16.3. The molecule has 0 saturated heterocycles. The zero-order valence-corrected chi connectivity index (χ0v) is 16.2. The van der Waals surface area contributed by atoms with E-state index >= 15 is 0 Å². The molecule has 6 heteroatoms. The van der Waals surface area contributed by atoms with Crippen molar-refractivity contribution in [1.82, 2.24) is 19.8 Å². The summed E-state index contributed by atoms with van der Waals surface area (Å²) in [6, 6.07) is 19.2. The van der Waals surface area contributed by atoms with Gasteiger partial charge in [-0.05, 0) is 52.9 Å². The number of hydrogen-bond donors (Lipinski definition) is 2. The van der Waals surface area contributed by atoms with Crippen molar-refractivity contribution < 1.29 is 5.11 Å². The van der Waals surface area contributed by atoms with Gasteiger partial charge in [-0.2, -0.15) is 4.52 Å². The van der Waals surface area contributed by atoms with E-state index in [9.17, 15) is 5.11 Å². The van der Waals surface area contributed by atoms with Gasteiger partial charge in [0.05, 0.1) is 0 Å². The number of fused-ring (bicyclic) bond motifs is 1. The van der Waals surface area contributed by atoms with Crippen molar-refractivity contribution in [2.45, 2.75) is 32.6 Å². The number of nitrogens with zero attached hydrogens (tertiary/aromatic N) is 4. The van der Waals surface area contributed by atoms with Crippen LogP contribution in [0.25, 0.3) is 5.65 Å². The molecule has 0 fully saturated rings. The van der Waals surface area contributed by atoms with E-state index in [0.717, 1.165) is 22.9 Å². The monoisotopic (exact) mass is 373 g/mol. The Bertz CT molecular complexity index is 1110. The average Bonchev–Trinajstić information content (AvgIpc) is 3.05. The summed E-state index contributed by atoms with van der Waals surface area (Å²) >= 11 is 0. The summed E-state index contributed by atoms with van der Waals surface area (Å²) < 4.78 is 1.75. The van der Waals surface area contributed by atoms with Crippen molar-refractivity contribution in [3.63, 3.8) is 0 Å². The van der Waals surface area contributed by atoms with Crippen LogP contribution in [-0.2, 0) is 11.8 Å². The zero-order chi connectivity index (χ0) is 19.7. The molecule has 28 heavy (non-hydrogen) atoms. The predicted molar refractivity (Wildman–Crippen MR) is 110 cm³/mol. The van der Waals surface area contributed by atoms with Crippen LogP contribution in [-0.4, -0.2) is 24.9 Å². The molecule has 6 nitrogen and oxygen atoms in total. The van der Waals surface area contributed by atoms with Gasteiger partial charge in [-0.1, -0.05) is 45.0 Å². The molecule has 0 unspecified atom stereocenters. The van der Waals surface area contributed by atoms with Crippen molar-refractivity contribution in [3.8, 4) is 5.75 Å². The van der Waals surface area contributed by atoms with Gasteiger partial charge in [-0.25, -0.2) is 0 Å². The Labute approximate surface area is 163 Å². The Morgan fingerprint density at radius 1 is 0.964 bits per heavy atom. The van der Waals surface area contributed by atoms with Crippen molar-refractivity contribution in [2.75, 3.05) is 5.32 Å². The van der Waals surface area contributed by atoms with Gasteiger partial charge < -0.3 is 10.4 Å². The molecule has 4 aromatic rings. The zero-order valence-electron chi connectivity index (χ0n) is 16.2. The van der Waals surface area contributed by atoms with Gasteiger partial charge in [0.1, 0.15) is 5.75 Å². The molecule has 0 bridgehead atoms. The van der Waals surface area contributed by atoms with Crippen LogP contribution in [0.3, 0.4) is 0 Å². The first-order valence-electron chi connectivity index (χ1n) is 9.25. The summed E-state index contributed by atoms with van der Waals surface area (Å²) in [4.78, 5) is 0. The third-order valence-corrected chi connectivity index (χ3v) is 4.63. The van der Waals surface area contributed by atoms with E-state index in [1.54, 1.807) is 16.6 Å². The van der Waals surface area contributed by atoms with Crippen molar-refractivity contribution in [3.05, 3.63) is 77.6 Å². The van der Waals surface area contributed by atoms with Gasteiger partial charge >= 0.3 is 0 Å². The van der Waals surface area contributed by atoms with E-state index in [1.165, 1.54) is 5.56 Å². The number of rotatable bonds is 4. The molecule has 0 aliphatic carbocycles. The average molecular weight is 373 g/mol. The fourth-order valence-electron chi connectivity index (χ4n) is 3.02. The number of benzene rings is 2. The van der Waals surface area contributed by atoms with Crippen LogP contribution in [0.2, 0.25) is 0 Å². The minimum atomic E-state index is 0.0840. The maximum absolute atomic E-state index is 9.45. The van der Waals surface area contributed by atoms with E-state index in [4.69, 9.17) is 0 Å². The molecule has 0 aliphatic heterocycles. The smallest absolute Gasteiger partial charge is 0.178 e. The van der Waals surface area contributed by atoms with Gasteiger partial charge in [0, 0.05) is 12.1 Å². The fraction of sp³-hybridized carbons (Fsp3) is 0.227. The van der Waals surface area contributed by atoms with E-state index < -0.39 is 0 Å². The highest BCUT2D eigenvalue weighted by molar-refractivity contribution is 5.58. The minimum Gasteiger partial charge on any atom is -0.508 e. The first-order valence-corrected chi connectivity index (χ1v) is 9.25. The maximum Gasteiger partial charge on any atom is 0.178 e. The molecule has 2 aromatic carbocycles. The molecule has 0 atom stereocenters. The number of phenolic OH excluding ortho intramolecular Hbond substituents is 1. The van der Waals surface area contributed by atoms with E-state index in [2.05, 4.69) is 59.6 Å². The number of phenols is 1. The van der Waals surface area contributed by atoms with E-state index in [-0.39, 0.29) is 11.2 Å². The lowest BCUT2D eigenvalue weighted by atomic mass is 9.87. The Kier molecular flexibility index (Phi) is 4.47. The lowest BCUT2D eigenvalue weighted by molar-refractivity contribution is 0.475. The first-order chi connectivity index (χ1) is 13.4. The van der Waals surface area contributed by atoms with E-state index in [1.807, 2.05) is 30.3 Å². The van der Waals surface area contributed by atoms with Crippen LogP contribution in [0, 0.1) is 0 Å². The Morgan fingerprint density at radius 3 is 2.50 bits per heavy atom. The number of aromatic nitrogens is 4. The van der Waals surface area contributed by atoms with Crippen molar-refractivity contribution in [2.24, 2.45) is 0 Å². The van der Waals surface area contributed by atoms with Crippen LogP contribution < -0.4 is 5.32 Å². The summed E-state index contributed by atoms with van der Waals surface area (Å²) in [7, 11) is 0. The molecule has 0 spiro atoms. The van der Waals surface area contributed by atoms with E-state index in [0.29, 0.717) is 12.1 Å². The van der Waals surface area contributed by atoms with Gasteiger partial charge in [0.25, 0.3) is 0 Å². The molecule has 2 aromatic heterocycles. The van der Waals surface area contributed by atoms with Crippen LogP contribution in [0.1, 0.15) is 37.7 Å². The number of anilines is 2. The summed E-state index contributed by atoms with van der Waals surface area (Å²) in [6.07, 6.45) is 0.581. The molecule has 4 rings (SSSR count). The summed E-state index contributed by atoms with van der Waals surface area (Å²) in [6.45, 7) is 6.59. The van der Waals surface area contributed by atoms with Crippen LogP contribution in [0.4, 0.5) is 11.5 Å². The third kappa shape index (κ3) is 3.81. The molecule has 0 amide bonds. The van der Waals surface area contributed by atoms with Crippen LogP contribution in [0.5, 0.6) is 5.75 Å². The standard InChI is InChI=1S/C22H23N5O/c1-22(2,3)16-5-4-6-17(14-16)23-19-11-12-20-24-25-21(27(20)26-19)13-15-7-9-18(28)10-8-15/h4-12,14,28H,13H2,1-3H3,(H,23,26). The second kappa shape index (κ2) is 6.96. The molecular weight excluding hydrogens is 350 g/mol. The summed E-state index contributed by atoms with van der Waals surface area (Å²) in [5.74, 6) is 1.72. The lowest BCUT2D eigenvalue weighted by Crippen LogP contribution is -2.11. The molecule has 2 N–H and O–H groups in total. The maximum atomic E-state index is 9.45. The largest absolute Gasteiger partial charge is 0.508 e. The van der Waals surface area contributed by atoms with Gasteiger partial charge in [-0.3, -0.25) is 0 Å². The number of aromatic hydroxyl groups is 1. The molecule has 2 heterocycles. The fourth-order valence-corrected chi connectivity index (χ4v) is 3.02. The SMILES string of the molecule is CC(C)(C)c1cccc(Nc2ccc3nnc(Cc4ccc(O)cc4)n3n2)c1. The lowest BCUT2D eigenvalue weighted by Gasteiger charge is -2.20. The minimum absolute atomic E-state index is 0.0840. The molecule has 0 saturated carbocycles. The van der Waals surface area contributed by atoms with Gasteiger partial charge in [-0.15, -0.1) is 15.3 Å². The molecule has 0 radical (unpaired) electrons. The summed E-state index contributed by atoms with van der Waals surface area (Å²) in [5, 5.41) is 26.0. The topological polar surface area (TPSA) is 75.3 Å². The first kappa shape index (κ1) is 18.0. The molecule has 0 aliphatic rings. The van der Waals surface area contributed by atoms with Crippen LogP contribution in [0.15, 0.2) is 60.7 Å². The quantitative estimate of drug-likeness (QED) is 0.552. The second-order valence-electron chi connectivity index (χ2n) is 7.90. The highest BCUT2D eigenvalue weighted by Crippen LogP contribution is 2.26. The third-order valence-electron chi connectivity index (χ3n) is 4.63. The molecular formula is C22H23N5O. The van der Waals surface area contributed by atoms with Crippen molar-refractivity contribution in [1.29, 1.82) is 0 Å².